The van der Waals surface area contributed by atoms with Crippen molar-refractivity contribution in [2.75, 3.05) is 6.61 Å². The van der Waals surface area contributed by atoms with Gasteiger partial charge in [0.2, 0.25) is 0 Å². The summed E-state index contributed by atoms with van der Waals surface area (Å²) in [6, 6.07) is 9.05. The summed E-state index contributed by atoms with van der Waals surface area (Å²) in [6.07, 6.45) is 8.29. The van der Waals surface area contributed by atoms with Crippen LogP contribution < -0.4 is 10.1 Å². The third-order valence-electron chi connectivity index (χ3n) is 4.49. The molecule has 20 heavy (non-hydrogen) atoms. The maximum atomic E-state index is 5.71. The van der Waals surface area contributed by atoms with Crippen LogP contribution in [0.25, 0.3) is 0 Å². The van der Waals surface area contributed by atoms with Crippen LogP contribution in [-0.2, 0) is 6.54 Å². The molecule has 1 atom stereocenters. The molecule has 0 spiro atoms. The number of ether oxygens (including phenoxy) is 1. The lowest BCUT2D eigenvalue weighted by molar-refractivity contribution is 0.260. The van der Waals surface area contributed by atoms with Crippen LogP contribution in [0.5, 0.6) is 5.75 Å². The molecule has 2 rings (SSSR count). The van der Waals surface area contributed by atoms with Crippen LogP contribution in [0.4, 0.5) is 0 Å². The second kappa shape index (κ2) is 8.31. The summed E-state index contributed by atoms with van der Waals surface area (Å²) in [7, 11) is 0. The summed E-state index contributed by atoms with van der Waals surface area (Å²) < 4.78 is 5.71. The van der Waals surface area contributed by atoms with Crippen molar-refractivity contribution in [2.45, 2.75) is 65.0 Å². The van der Waals surface area contributed by atoms with E-state index in [4.69, 9.17) is 4.74 Å². The van der Waals surface area contributed by atoms with Gasteiger partial charge in [-0.15, -0.1) is 0 Å². The van der Waals surface area contributed by atoms with Crippen LogP contribution in [0.3, 0.4) is 0 Å². The Hall–Kier alpha value is -1.02. The third kappa shape index (κ3) is 4.24. The Morgan fingerprint density at radius 1 is 1.15 bits per heavy atom. The number of hydrogen-bond donors (Lipinski definition) is 1. The Bertz CT molecular complexity index is 385. The number of hydrogen-bond acceptors (Lipinski definition) is 2. The van der Waals surface area contributed by atoms with E-state index in [0.29, 0.717) is 6.04 Å². The van der Waals surface area contributed by atoms with Gasteiger partial charge >= 0.3 is 0 Å². The van der Waals surface area contributed by atoms with Crippen LogP contribution in [0.1, 0.15) is 57.9 Å². The van der Waals surface area contributed by atoms with E-state index in [1.807, 2.05) is 13.0 Å². The number of benzene rings is 1. The molecule has 0 aliphatic heterocycles. The molecule has 1 N–H and O–H groups in total. The average molecular weight is 275 g/mol. The van der Waals surface area contributed by atoms with Gasteiger partial charge in [0.05, 0.1) is 6.61 Å². The minimum Gasteiger partial charge on any atom is -0.494 e. The van der Waals surface area contributed by atoms with Gasteiger partial charge in [-0.05, 0) is 38.2 Å². The highest BCUT2D eigenvalue weighted by Gasteiger charge is 2.21. The second-order valence-corrected chi connectivity index (χ2v) is 5.83. The molecule has 1 saturated carbocycles. The molecule has 0 amide bonds. The van der Waals surface area contributed by atoms with Crippen molar-refractivity contribution in [2.24, 2.45) is 5.92 Å². The van der Waals surface area contributed by atoms with Gasteiger partial charge in [-0.1, -0.05) is 44.4 Å². The normalized spacial score (nSPS) is 17.9. The lowest BCUT2D eigenvalue weighted by Gasteiger charge is -2.30. The smallest absolute Gasteiger partial charge is 0.123 e. The van der Waals surface area contributed by atoms with E-state index in [1.54, 1.807) is 0 Å². The van der Waals surface area contributed by atoms with E-state index < -0.39 is 0 Å². The first-order valence-corrected chi connectivity index (χ1v) is 8.29. The quantitative estimate of drug-likeness (QED) is 0.789. The predicted octanol–water partition coefficient (Wildman–Crippen LogP) is 4.53. The molecule has 2 nitrogen and oxygen atoms in total. The molecule has 0 bridgehead atoms. The molecule has 0 saturated heterocycles. The molecule has 1 aliphatic rings. The van der Waals surface area contributed by atoms with Crippen molar-refractivity contribution in [1.29, 1.82) is 0 Å². The zero-order valence-electron chi connectivity index (χ0n) is 13.0. The largest absolute Gasteiger partial charge is 0.494 e. The molecule has 1 fully saturated rings. The zero-order chi connectivity index (χ0) is 14.2. The molecule has 0 aromatic heterocycles. The molecule has 0 radical (unpaired) electrons. The number of rotatable bonds is 7. The SMILES string of the molecule is CCOc1ccccc1CNC(CC)C1CCCCC1. The molecular formula is C18H29NO. The zero-order valence-corrected chi connectivity index (χ0v) is 13.0. The second-order valence-electron chi connectivity index (χ2n) is 5.83. The summed E-state index contributed by atoms with van der Waals surface area (Å²) in [6.45, 7) is 6.00. The summed E-state index contributed by atoms with van der Waals surface area (Å²) in [5.74, 6) is 1.90. The van der Waals surface area contributed by atoms with Gasteiger partial charge in [-0.3, -0.25) is 0 Å². The molecule has 1 aromatic rings. The van der Waals surface area contributed by atoms with Crippen LogP contribution in [0, 0.1) is 5.92 Å². The number of nitrogens with one attached hydrogen (secondary N) is 1. The molecule has 1 unspecified atom stereocenters. The Balaban J connectivity index is 1.92. The van der Waals surface area contributed by atoms with Crippen molar-refractivity contribution < 1.29 is 4.74 Å². The fourth-order valence-electron chi connectivity index (χ4n) is 3.37. The van der Waals surface area contributed by atoms with Gasteiger partial charge in [-0.2, -0.15) is 0 Å². The Labute approximate surface area is 123 Å². The highest BCUT2D eigenvalue weighted by molar-refractivity contribution is 5.33. The van der Waals surface area contributed by atoms with Gasteiger partial charge in [0.25, 0.3) is 0 Å². The monoisotopic (exact) mass is 275 g/mol. The van der Waals surface area contributed by atoms with E-state index >= 15 is 0 Å². The van der Waals surface area contributed by atoms with Gasteiger partial charge in [0.15, 0.2) is 0 Å². The van der Waals surface area contributed by atoms with Gasteiger partial charge < -0.3 is 10.1 Å². The van der Waals surface area contributed by atoms with Gasteiger partial charge in [0, 0.05) is 18.2 Å². The first-order chi connectivity index (χ1) is 9.85. The maximum Gasteiger partial charge on any atom is 0.123 e. The minimum atomic E-state index is 0.657. The summed E-state index contributed by atoms with van der Waals surface area (Å²) in [5.41, 5.74) is 1.28. The highest BCUT2D eigenvalue weighted by Crippen LogP contribution is 2.28. The first kappa shape index (κ1) is 15.4. The highest BCUT2D eigenvalue weighted by atomic mass is 16.5. The van der Waals surface area contributed by atoms with Crippen molar-refractivity contribution >= 4 is 0 Å². The van der Waals surface area contributed by atoms with Crippen LogP contribution >= 0.6 is 0 Å². The molecule has 112 valence electrons. The lowest BCUT2D eigenvalue weighted by Crippen LogP contribution is -2.36. The molecular weight excluding hydrogens is 246 g/mol. The van der Waals surface area contributed by atoms with Crippen molar-refractivity contribution in [3.05, 3.63) is 29.8 Å². The molecule has 0 heterocycles. The summed E-state index contributed by atoms with van der Waals surface area (Å²) >= 11 is 0. The van der Waals surface area contributed by atoms with Crippen LogP contribution in [0.2, 0.25) is 0 Å². The van der Waals surface area contributed by atoms with Crippen molar-refractivity contribution in [3.63, 3.8) is 0 Å². The van der Waals surface area contributed by atoms with E-state index in [9.17, 15) is 0 Å². The minimum absolute atomic E-state index is 0.657. The lowest BCUT2D eigenvalue weighted by atomic mass is 9.83. The number of para-hydroxylation sites is 1. The average Bonchev–Trinajstić information content (AvgIpc) is 2.51. The molecule has 1 aromatic carbocycles. The Kier molecular flexibility index (Phi) is 6.38. The maximum absolute atomic E-state index is 5.71. The van der Waals surface area contributed by atoms with Crippen molar-refractivity contribution in [1.82, 2.24) is 5.32 Å². The standard InChI is InChI=1S/C18H29NO/c1-3-17(15-10-6-5-7-11-15)19-14-16-12-8-9-13-18(16)20-4-2/h8-9,12-13,15,17,19H,3-7,10-11,14H2,1-2H3. The van der Waals surface area contributed by atoms with Crippen molar-refractivity contribution in [3.8, 4) is 5.75 Å². The fourth-order valence-corrected chi connectivity index (χ4v) is 3.37. The van der Waals surface area contributed by atoms with E-state index in [0.717, 1.165) is 24.8 Å². The Morgan fingerprint density at radius 2 is 1.90 bits per heavy atom. The topological polar surface area (TPSA) is 21.3 Å². The third-order valence-corrected chi connectivity index (χ3v) is 4.49. The van der Waals surface area contributed by atoms with Gasteiger partial charge in [-0.25, -0.2) is 0 Å². The van der Waals surface area contributed by atoms with Gasteiger partial charge in [0.1, 0.15) is 5.75 Å². The fraction of sp³-hybridized carbons (Fsp3) is 0.667. The van der Waals surface area contributed by atoms with Crippen LogP contribution in [-0.4, -0.2) is 12.6 Å². The van der Waals surface area contributed by atoms with E-state index in [-0.39, 0.29) is 0 Å². The summed E-state index contributed by atoms with van der Waals surface area (Å²) in [4.78, 5) is 0. The first-order valence-electron chi connectivity index (χ1n) is 8.29. The van der Waals surface area contributed by atoms with E-state index in [2.05, 4.69) is 30.4 Å². The molecule has 2 heteroatoms. The Morgan fingerprint density at radius 3 is 2.60 bits per heavy atom. The predicted molar refractivity (Wildman–Crippen MR) is 85.1 cm³/mol. The van der Waals surface area contributed by atoms with Crippen LogP contribution in [0.15, 0.2) is 24.3 Å². The summed E-state index contributed by atoms with van der Waals surface area (Å²) in [5, 5.41) is 3.77. The molecule has 1 aliphatic carbocycles. The van der Waals surface area contributed by atoms with E-state index in [1.165, 1.54) is 44.1 Å².